The number of aryl methyl sites for hydroxylation is 1. The van der Waals surface area contributed by atoms with Gasteiger partial charge < -0.3 is 5.32 Å². The quantitative estimate of drug-likeness (QED) is 0.316. The largest absolute Gasteiger partial charge is 0.325 e. The van der Waals surface area contributed by atoms with Crippen LogP contribution in [-0.4, -0.2) is 16.6 Å². The third kappa shape index (κ3) is 5.16. The van der Waals surface area contributed by atoms with Crippen LogP contribution in [0.25, 0.3) is 20.8 Å². The van der Waals surface area contributed by atoms with E-state index in [0.29, 0.717) is 21.6 Å². The van der Waals surface area contributed by atoms with Crippen molar-refractivity contribution in [1.82, 2.24) is 4.98 Å². The Morgan fingerprint density at radius 3 is 2.60 bits per heavy atom. The summed E-state index contributed by atoms with van der Waals surface area (Å²) in [4.78, 5) is 16.9. The lowest BCUT2D eigenvalue weighted by molar-refractivity contribution is -0.113. The van der Waals surface area contributed by atoms with Crippen molar-refractivity contribution >= 4 is 68.1 Å². The highest BCUT2D eigenvalue weighted by molar-refractivity contribution is 7.99. The van der Waals surface area contributed by atoms with Gasteiger partial charge in [0.1, 0.15) is 5.01 Å². The number of carbonyl (C=O) groups is 1. The molecule has 0 aliphatic heterocycles. The van der Waals surface area contributed by atoms with Gasteiger partial charge in [0.15, 0.2) is 0 Å². The summed E-state index contributed by atoms with van der Waals surface area (Å²) in [6.45, 7) is 2.08. The summed E-state index contributed by atoms with van der Waals surface area (Å²) >= 11 is 15.2. The summed E-state index contributed by atoms with van der Waals surface area (Å²) in [7, 11) is 0. The number of halogens is 2. The van der Waals surface area contributed by atoms with Crippen LogP contribution in [0.1, 0.15) is 11.1 Å². The molecule has 0 atom stereocenters. The van der Waals surface area contributed by atoms with Crippen molar-refractivity contribution in [2.24, 2.45) is 0 Å². The molecule has 0 bridgehead atoms. The first-order valence-corrected chi connectivity index (χ1v) is 12.0. The van der Waals surface area contributed by atoms with Crippen LogP contribution in [0.5, 0.6) is 0 Å². The molecule has 1 heterocycles. The zero-order valence-electron chi connectivity index (χ0n) is 16.1. The van der Waals surface area contributed by atoms with Crippen molar-refractivity contribution < 1.29 is 4.79 Å². The lowest BCUT2D eigenvalue weighted by atomic mass is 10.2. The summed E-state index contributed by atoms with van der Waals surface area (Å²) in [6.07, 6.45) is 0. The van der Waals surface area contributed by atoms with Crippen molar-refractivity contribution in [2.75, 3.05) is 11.1 Å². The van der Waals surface area contributed by atoms with E-state index in [1.54, 1.807) is 17.4 Å². The zero-order valence-corrected chi connectivity index (χ0v) is 19.3. The predicted octanol–water partition coefficient (Wildman–Crippen LogP) is 7.45. The van der Waals surface area contributed by atoms with Crippen molar-refractivity contribution in [2.45, 2.75) is 12.7 Å². The van der Waals surface area contributed by atoms with Gasteiger partial charge in [-0.2, -0.15) is 0 Å². The monoisotopic (exact) mass is 472 g/mol. The molecule has 0 unspecified atom stereocenters. The normalized spacial score (nSPS) is 11.0. The first-order valence-electron chi connectivity index (χ1n) is 9.27. The second-order valence-electron chi connectivity index (χ2n) is 6.86. The van der Waals surface area contributed by atoms with E-state index in [9.17, 15) is 4.79 Å². The summed E-state index contributed by atoms with van der Waals surface area (Å²) in [5, 5.41) is 4.98. The second kappa shape index (κ2) is 9.40. The predicted molar refractivity (Wildman–Crippen MR) is 131 cm³/mol. The van der Waals surface area contributed by atoms with Gasteiger partial charge in [-0.25, -0.2) is 4.98 Å². The summed E-state index contributed by atoms with van der Waals surface area (Å²) in [5.74, 6) is 1.02. The average molecular weight is 473 g/mol. The number of hydrogen-bond donors (Lipinski definition) is 1. The lowest BCUT2D eigenvalue weighted by Crippen LogP contribution is -2.14. The molecule has 0 saturated heterocycles. The van der Waals surface area contributed by atoms with Gasteiger partial charge in [0, 0.05) is 17.0 Å². The van der Waals surface area contributed by atoms with Gasteiger partial charge in [-0.15, -0.1) is 23.1 Å². The molecule has 0 fully saturated rings. The van der Waals surface area contributed by atoms with E-state index < -0.39 is 0 Å². The maximum atomic E-state index is 12.2. The maximum Gasteiger partial charge on any atom is 0.234 e. The molecule has 0 saturated carbocycles. The second-order valence-corrected chi connectivity index (χ2v) is 9.69. The van der Waals surface area contributed by atoms with Crippen LogP contribution >= 0.6 is 46.3 Å². The van der Waals surface area contributed by atoms with Crippen LogP contribution in [0.15, 0.2) is 60.7 Å². The highest BCUT2D eigenvalue weighted by Gasteiger charge is 2.08. The first kappa shape index (κ1) is 21.2. The minimum Gasteiger partial charge on any atom is -0.325 e. The van der Waals surface area contributed by atoms with Crippen LogP contribution in [0.4, 0.5) is 5.69 Å². The van der Waals surface area contributed by atoms with E-state index in [2.05, 4.69) is 30.4 Å². The first-order chi connectivity index (χ1) is 14.5. The highest BCUT2D eigenvalue weighted by Crippen LogP contribution is 2.31. The van der Waals surface area contributed by atoms with Crippen LogP contribution in [0, 0.1) is 6.92 Å². The number of thiazole rings is 1. The Morgan fingerprint density at radius 2 is 1.83 bits per heavy atom. The molecule has 152 valence electrons. The smallest absolute Gasteiger partial charge is 0.234 e. The molecule has 0 aliphatic rings. The Labute approximate surface area is 193 Å². The fraction of sp³-hybridized carbons (Fsp3) is 0.130. The van der Waals surface area contributed by atoms with E-state index in [0.717, 1.165) is 27.3 Å². The Balaban J connectivity index is 1.33. The molecule has 1 N–H and O–H groups in total. The SMILES string of the molecule is Cc1ccc2nc(-c3ccc(NC(=O)CSCc4ccc(Cl)c(Cl)c4)cc3)sc2c1. The Hall–Kier alpha value is -2.05. The zero-order chi connectivity index (χ0) is 21.1. The van der Waals surface area contributed by atoms with Gasteiger partial charge >= 0.3 is 0 Å². The minimum atomic E-state index is -0.0386. The topological polar surface area (TPSA) is 42.0 Å². The number of anilines is 1. The molecule has 0 radical (unpaired) electrons. The number of aromatic nitrogens is 1. The molecule has 1 aromatic heterocycles. The van der Waals surface area contributed by atoms with E-state index in [-0.39, 0.29) is 5.91 Å². The molecule has 4 rings (SSSR count). The molecule has 0 spiro atoms. The van der Waals surface area contributed by atoms with Gasteiger partial charge in [-0.3, -0.25) is 4.79 Å². The molecule has 1 amide bonds. The van der Waals surface area contributed by atoms with E-state index >= 15 is 0 Å². The Morgan fingerprint density at radius 1 is 1.03 bits per heavy atom. The van der Waals surface area contributed by atoms with E-state index in [1.165, 1.54) is 22.0 Å². The molecule has 3 nitrogen and oxygen atoms in total. The fourth-order valence-corrected chi connectivity index (χ4v) is 5.10. The Bertz CT molecular complexity index is 1210. The number of fused-ring (bicyclic) bond motifs is 1. The number of nitrogens with zero attached hydrogens (tertiary/aromatic N) is 1. The standard InChI is InChI=1S/C23H18Cl2N2OS2/c1-14-2-9-20-21(10-14)30-23(27-20)16-4-6-17(7-5-16)26-22(28)13-29-12-15-3-8-18(24)19(25)11-15/h2-11H,12-13H2,1H3,(H,26,28). The summed E-state index contributed by atoms with van der Waals surface area (Å²) in [6, 6.07) is 19.6. The van der Waals surface area contributed by atoms with Crippen LogP contribution in [0.3, 0.4) is 0 Å². The molecule has 0 aliphatic carbocycles. The number of nitrogens with one attached hydrogen (secondary N) is 1. The van der Waals surface area contributed by atoms with Gasteiger partial charge in [0.05, 0.1) is 26.0 Å². The number of benzene rings is 3. The van der Waals surface area contributed by atoms with E-state index in [1.807, 2.05) is 36.4 Å². The maximum absolute atomic E-state index is 12.2. The van der Waals surface area contributed by atoms with Crippen LogP contribution in [0.2, 0.25) is 10.0 Å². The van der Waals surface area contributed by atoms with E-state index in [4.69, 9.17) is 28.2 Å². The third-order valence-corrected chi connectivity index (χ3v) is 7.26. The third-order valence-electron chi connectivity index (χ3n) is 4.45. The fourth-order valence-electron chi connectivity index (χ4n) is 2.94. The number of rotatable bonds is 6. The van der Waals surface area contributed by atoms with Crippen molar-refractivity contribution in [3.63, 3.8) is 0 Å². The van der Waals surface area contributed by atoms with Crippen molar-refractivity contribution in [3.05, 3.63) is 81.8 Å². The molecular formula is C23H18Cl2N2OS2. The van der Waals surface area contributed by atoms with Crippen molar-refractivity contribution in [1.29, 1.82) is 0 Å². The van der Waals surface area contributed by atoms with Gasteiger partial charge in [0.25, 0.3) is 0 Å². The number of hydrogen-bond acceptors (Lipinski definition) is 4. The average Bonchev–Trinajstić information content (AvgIpc) is 3.14. The van der Waals surface area contributed by atoms with Crippen LogP contribution in [-0.2, 0) is 10.5 Å². The van der Waals surface area contributed by atoms with Gasteiger partial charge in [-0.05, 0) is 66.6 Å². The highest BCUT2D eigenvalue weighted by atomic mass is 35.5. The number of amides is 1. The molecular weight excluding hydrogens is 455 g/mol. The van der Waals surface area contributed by atoms with Gasteiger partial charge in [0.2, 0.25) is 5.91 Å². The molecule has 4 aromatic rings. The Kier molecular flexibility index (Phi) is 6.64. The lowest BCUT2D eigenvalue weighted by Gasteiger charge is -2.06. The minimum absolute atomic E-state index is 0.0386. The molecule has 30 heavy (non-hydrogen) atoms. The molecule has 7 heteroatoms. The van der Waals surface area contributed by atoms with Gasteiger partial charge in [-0.1, -0.05) is 35.3 Å². The molecule has 3 aromatic carbocycles. The summed E-state index contributed by atoms with van der Waals surface area (Å²) < 4.78 is 1.18. The van der Waals surface area contributed by atoms with Crippen molar-refractivity contribution in [3.8, 4) is 10.6 Å². The number of thioether (sulfide) groups is 1. The van der Waals surface area contributed by atoms with Crippen LogP contribution < -0.4 is 5.32 Å². The number of carbonyl (C=O) groups excluding carboxylic acids is 1. The summed E-state index contributed by atoms with van der Waals surface area (Å²) in [5.41, 5.74) is 5.10.